The second kappa shape index (κ2) is 7.89. The van der Waals surface area contributed by atoms with E-state index in [4.69, 9.17) is 4.74 Å². The highest BCUT2D eigenvalue weighted by molar-refractivity contribution is 7.15. The number of nitrogens with one attached hydrogen (secondary N) is 1. The van der Waals surface area contributed by atoms with Gasteiger partial charge in [0.15, 0.2) is 0 Å². The average Bonchev–Trinajstić information content (AvgIpc) is 3.32. The summed E-state index contributed by atoms with van der Waals surface area (Å²) in [7, 11) is 0. The van der Waals surface area contributed by atoms with Crippen LogP contribution in [0.15, 0.2) is 60.2 Å². The Morgan fingerprint density at radius 3 is 2.76 bits per heavy atom. The Morgan fingerprint density at radius 2 is 2.00 bits per heavy atom. The number of amides is 1. The summed E-state index contributed by atoms with van der Waals surface area (Å²) in [5.41, 5.74) is 4.00. The van der Waals surface area contributed by atoms with Crippen molar-refractivity contribution in [3.63, 3.8) is 0 Å². The van der Waals surface area contributed by atoms with Crippen molar-refractivity contribution in [3.8, 4) is 11.1 Å². The third-order valence-electron chi connectivity index (χ3n) is 4.43. The summed E-state index contributed by atoms with van der Waals surface area (Å²) in [4.78, 5) is 29.8. The van der Waals surface area contributed by atoms with Crippen molar-refractivity contribution in [3.05, 3.63) is 77.1 Å². The van der Waals surface area contributed by atoms with Gasteiger partial charge in [0.1, 0.15) is 21.9 Å². The first-order chi connectivity index (χ1) is 14.1. The molecule has 1 aromatic carbocycles. The first-order valence-electron chi connectivity index (χ1n) is 9.17. The summed E-state index contributed by atoms with van der Waals surface area (Å²) in [6.07, 6.45) is 3.52. The Bertz CT molecular complexity index is 1190. The number of anilines is 1. The minimum atomic E-state index is -0.464. The first-order valence-corrected chi connectivity index (χ1v) is 10.1. The van der Waals surface area contributed by atoms with Crippen molar-refractivity contribution >= 4 is 33.9 Å². The lowest BCUT2D eigenvalue weighted by Crippen LogP contribution is -2.15. The molecule has 146 valence electrons. The fraction of sp³-hybridized carbons (Fsp3) is 0.136. The number of aryl methyl sites for hydroxylation is 1. The van der Waals surface area contributed by atoms with Gasteiger partial charge in [-0.05, 0) is 37.1 Å². The van der Waals surface area contributed by atoms with Gasteiger partial charge in [-0.3, -0.25) is 4.79 Å². The standard InChI is InChI=1S/C22H19N3O3S/c1-3-28-22(27)19-16(15-7-5-4-6-8-15)13-29-21(19)24-20(26)17-12-25-10-9-14(2)11-18(25)23-17/h4-13H,3H2,1-2H3,(H,24,26). The minimum absolute atomic E-state index is 0.252. The molecule has 0 radical (unpaired) electrons. The fourth-order valence-electron chi connectivity index (χ4n) is 3.05. The number of rotatable bonds is 5. The predicted molar refractivity (Wildman–Crippen MR) is 114 cm³/mol. The highest BCUT2D eigenvalue weighted by Crippen LogP contribution is 2.36. The molecule has 0 saturated carbocycles. The fourth-order valence-corrected chi connectivity index (χ4v) is 4.00. The van der Waals surface area contributed by atoms with E-state index in [2.05, 4.69) is 10.3 Å². The molecule has 0 unspecified atom stereocenters. The zero-order valence-corrected chi connectivity index (χ0v) is 16.8. The van der Waals surface area contributed by atoms with Gasteiger partial charge < -0.3 is 14.5 Å². The van der Waals surface area contributed by atoms with Crippen LogP contribution >= 0.6 is 11.3 Å². The smallest absolute Gasteiger partial charge is 0.341 e. The number of hydrogen-bond acceptors (Lipinski definition) is 5. The molecule has 29 heavy (non-hydrogen) atoms. The molecule has 0 spiro atoms. The van der Waals surface area contributed by atoms with Gasteiger partial charge in [0, 0.05) is 23.3 Å². The molecule has 4 rings (SSSR count). The van der Waals surface area contributed by atoms with Gasteiger partial charge in [0.2, 0.25) is 0 Å². The SMILES string of the molecule is CCOC(=O)c1c(-c2ccccc2)csc1NC(=O)c1cn2ccc(C)cc2n1. The molecule has 0 bridgehead atoms. The number of pyridine rings is 1. The monoisotopic (exact) mass is 405 g/mol. The first kappa shape index (κ1) is 18.9. The van der Waals surface area contributed by atoms with Crippen LogP contribution in [0, 0.1) is 6.92 Å². The van der Waals surface area contributed by atoms with E-state index in [-0.39, 0.29) is 18.2 Å². The van der Waals surface area contributed by atoms with Gasteiger partial charge in [-0.2, -0.15) is 0 Å². The number of carbonyl (C=O) groups excluding carboxylic acids is 2. The van der Waals surface area contributed by atoms with Crippen LogP contribution in [-0.4, -0.2) is 27.9 Å². The second-order valence-corrected chi connectivity index (χ2v) is 7.37. The number of aromatic nitrogens is 2. The minimum Gasteiger partial charge on any atom is -0.462 e. The van der Waals surface area contributed by atoms with Crippen LogP contribution < -0.4 is 5.32 Å². The lowest BCUT2D eigenvalue weighted by atomic mass is 10.0. The maximum absolute atomic E-state index is 12.8. The van der Waals surface area contributed by atoms with Crippen molar-refractivity contribution in [2.24, 2.45) is 0 Å². The molecular weight excluding hydrogens is 386 g/mol. The lowest BCUT2D eigenvalue weighted by Gasteiger charge is -2.08. The molecule has 0 atom stereocenters. The van der Waals surface area contributed by atoms with Crippen LogP contribution in [0.5, 0.6) is 0 Å². The summed E-state index contributed by atoms with van der Waals surface area (Å²) >= 11 is 1.29. The molecule has 3 aromatic heterocycles. The Kier molecular flexibility index (Phi) is 5.14. The number of imidazole rings is 1. The van der Waals surface area contributed by atoms with E-state index in [1.54, 1.807) is 17.5 Å². The normalized spacial score (nSPS) is 10.8. The maximum Gasteiger partial charge on any atom is 0.341 e. The number of esters is 1. The highest BCUT2D eigenvalue weighted by atomic mass is 32.1. The number of thiophene rings is 1. The predicted octanol–water partition coefficient (Wildman–Crippen LogP) is 4.80. The van der Waals surface area contributed by atoms with Gasteiger partial charge in [-0.25, -0.2) is 9.78 Å². The van der Waals surface area contributed by atoms with Crippen molar-refractivity contribution < 1.29 is 14.3 Å². The second-order valence-electron chi connectivity index (χ2n) is 6.49. The van der Waals surface area contributed by atoms with Crippen molar-refractivity contribution in [2.75, 3.05) is 11.9 Å². The van der Waals surface area contributed by atoms with E-state index in [0.29, 0.717) is 16.2 Å². The van der Waals surface area contributed by atoms with Crippen LogP contribution in [0.3, 0.4) is 0 Å². The van der Waals surface area contributed by atoms with E-state index >= 15 is 0 Å². The Morgan fingerprint density at radius 1 is 1.21 bits per heavy atom. The molecule has 6 nitrogen and oxygen atoms in total. The summed E-state index contributed by atoms with van der Waals surface area (Å²) < 4.78 is 7.02. The Balaban J connectivity index is 1.69. The van der Waals surface area contributed by atoms with Crippen LogP contribution in [0.2, 0.25) is 0 Å². The van der Waals surface area contributed by atoms with Crippen LogP contribution in [0.25, 0.3) is 16.8 Å². The zero-order valence-electron chi connectivity index (χ0n) is 16.0. The zero-order chi connectivity index (χ0) is 20.4. The lowest BCUT2D eigenvalue weighted by molar-refractivity contribution is 0.0529. The summed E-state index contributed by atoms with van der Waals surface area (Å²) in [5, 5.41) is 5.13. The number of hydrogen-bond donors (Lipinski definition) is 1. The van der Waals surface area contributed by atoms with Gasteiger partial charge in [-0.1, -0.05) is 30.3 Å². The number of carbonyl (C=O) groups is 2. The molecule has 0 aliphatic carbocycles. The molecule has 1 N–H and O–H groups in total. The van der Waals surface area contributed by atoms with Gasteiger partial charge in [0.25, 0.3) is 5.91 Å². The molecule has 0 saturated heterocycles. The van der Waals surface area contributed by atoms with E-state index in [1.165, 1.54) is 11.3 Å². The van der Waals surface area contributed by atoms with E-state index < -0.39 is 5.97 Å². The quantitative estimate of drug-likeness (QED) is 0.484. The average molecular weight is 405 g/mol. The van der Waals surface area contributed by atoms with Crippen molar-refractivity contribution in [1.82, 2.24) is 9.38 Å². The maximum atomic E-state index is 12.8. The van der Waals surface area contributed by atoms with Gasteiger partial charge in [0.05, 0.1) is 6.61 Å². The number of fused-ring (bicyclic) bond motifs is 1. The molecule has 0 aliphatic rings. The molecule has 4 aromatic rings. The van der Waals surface area contributed by atoms with E-state index in [0.717, 1.165) is 16.7 Å². The summed E-state index contributed by atoms with van der Waals surface area (Å²) in [6.45, 7) is 3.97. The molecule has 3 heterocycles. The largest absolute Gasteiger partial charge is 0.462 e. The Hall–Kier alpha value is -3.45. The van der Waals surface area contributed by atoms with Crippen molar-refractivity contribution in [2.45, 2.75) is 13.8 Å². The highest BCUT2D eigenvalue weighted by Gasteiger charge is 2.23. The van der Waals surface area contributed by atoms with Gasteiger partial charge in [-0.15, -0.1) is 11.3 Å². The topological polar surface area (TPSA) is 72.7 Å². The third kappa shape index (κ3) is 3.77. The van der Waals surface area contributed by atoms with Gasteiger partial charge >= 0.3 is 5.97 Å². The molecule has 1 amide bonds. The molecule has 0 aliphatic heterocycles. The van der Waals surface area contributed by atoms with Crippen molar-refractivity contribution in [1.29, 1.82) is 0 Å². The number of ether oxygens (including phenoxy) is 1. The van der Waals surface area contributed by atoms with E-state index in [9.17, 15) is 9.59 Å². The van der Waals surface area contributed by atoms with Crippen LogP contribution in [0.1, 0.15) is 33.3 Å². The van der Waals surface area contributed by atoms with E-state index in [1.807, 2.05) is 61.0 Å². The number of benzene rings is 1. The summed E-state index contributed by atoms with van der Waals surface area (Å²) in [5.74, 6) is -0.841. The van der Waals surface area contributed by atoms with Crippen LogP contribution in [0.4, 0.5) is 5.00 Å². The summed E-state index contributed by atoms with van der Waals surface area (Å²) in [6, 6.07) is 13.4. The van der Waals surface area contributed by atoms with Crippen LogP contribution in [-0.2, 0) is 4.74 Å². The third-order valence-corrected chi connectivity index (χ3v) is 5.33. The molecule has 7 heteroatoms. The number of nitrogens with zero attached hydrogens (tertiary/aromatic N) is 2. The molecular formula is C22H19N3O3S. The molecule has 0 fully saturated rings. The Labute approximate surface area is 171 Å².